The summed E-state index contributed by atoms with van der Waals surface area (Å²) in [6.45, 7) is 0. The van der Waals surface area contributed by atoms with Gasteiger partial charge in [-0.3, -0.25) is 4.79 Å². The number of hydrogen-bond donors (Lipinski definition) is 0. The fraction of sp³-hybridized carbons (Fsp3) is 0.0833. The molecule has 0 saturated heterocycles. The predicted molar refractivity (Wildman–Crippen MR) is 122 cm³/mol. The van der Waals surface area contributed by atoms with Crippen molar-refractivity contribution in [3.8, 4) is 28.6 Å². The van der Waals surface area contributed by atoms with Crippen LogP contribution in [0.15, 0.2) is 69.9 Å². The third-order valence-corrected chi connectivity index (χ3v) is 5.23. The Balaban J connectivity index is 1.92. The van der Waals surface area contributed by atoms with Crippen LogP contribution in [0.1, 0.15) is 10.4 Å². The van der Waals surface area contributed by atoms with Gasteiger partial charge < -0.3 is 18.6 Å². The molecule has 4 aromatic rings. The molecule has 0 bridgehead atoms. The smallest absolute Gasteiger partial charge is 0.351 e. The molecule has 162 valence electrons. The zero-order valence-corrected chi connectivity index (χ0v) is 18.5. The maximum atomic E-state index is 13.3. The van der Waals surface area contributed by atoms with Crippen molar-refractivity contribution < 1.29 is 23.4 Å². The quantitative estimate of drug-likeness (QED) is 0.332. The molecule has 8 heteroatoms. The van der Waals surface area contributed by atoms with Crippen molar-refractivity contribution in [2.24, 2.45) is 0 Å². The van der Waals surface area contributed by atoms with E-state index < -0.39 is 11.4 Å². The van der Waals surface area contributed by atoms with Crippen LogP contribution in [0.3, 0.4) is 0 Å². The first kappa shape index (κ1) is 21.7. The maximum absolute atomic E-state index is 13.3. The van der Waals surface area contributed by atoms with Crippen LogP contribution < -0.4 is 19.6 Å². The van der Waals surface area contributed by atoms with E-state index >= 15 is 0 Å². The Morgan fingerprint density at radius 1 is 0.875 bits per heavy atom. The summed E-state index contributed by atoms with van der Waals surface area (Å²) < 4.78 is 22.1. The van der Waals surface area contributed by atoms with E-state index in [0.717, 1.165) is 0 Å². The molecule has 4 rings (SSSR count). The molecule has 0 aliphatic carbocycles. The van der Waals surface area contributed by atoms with Gasteiger partial charge in [-0.2, -0.15) is 0 Å². The van der Waals surface area contributed by atoms with Gasteiger partial charge >= 0.3 is 5.97 Å². The minimum absolute atomic E-state index is 0.0325. The second-order valence-electron chi connectivity index (χ2n) is 6.66. The van der Waals surface area contributed by atoms with Crippen molar-refractivity contribution >= 4 is 40.1 Å². The van der Waals surface area contributed by atoms with Crippen LogP contribution in [0, 0.1) is 0 Å². The van der Waals surface area contributed by atoms with Crippen LogP contribution in [0.4, 0.5) is 0 Å². The summed E-state index contributed by atoms with van der Waals surface area (Å²) in [7, 11) is 2.83. The van der Waals surface area contributed by atoms with Gasteiger partial charge in [0, 0.05) is 15.6 Å². The standard InChI is InChI=1S/C24H16Cl2O6/c1-29-18-4-3-5-19(30-2)20(18)24(28)32-23-21(27)16-12-15(26)10-11-17(16)31-22(23)13-6-8-14(25)9-7-13/h3-12H,1-2H3. The van der Waals surface area contributed by atoms with E-state index in [4.69, 9.17) is 41.8 Å². The number of carbonyl (C=O) groups excluding carboxylic acids is 1. The number of halogens is 2. The zero-order valence-electron chi connectivity index (χ0n) is 17.0. The normalized spacial score (nSPS) is 10.8. The maximum Gasteiger partial charge on any atom is 0.351 e. The highest BCUT2D eigenvalue weighted by molar-refractivity contribution is 6.31. The van der Waals surface area contributed by atoms with Crippen LogP contribution >= 0.6 is 23.2 Å². The summed E-state index contributed by atoms with van der Waals surface area (Å²) in [5.41, 5.74) is 0.267. The van der Waals surface area contributed by atoms with Crippen molar-refractivity contribution in [3.63, 3.8) is 0 Å². The predicted octanol–water partition coefficient (Wildman–Crippen LogP) is 6.00. The molecule has 0 unspecified atom stereocenters. The molecular weight excluding hydrogens is 455 g/mol. The number of hydrogen-bond acceptors (Lipinski definition) is 6. The lowest BCUT2D eigenvalue weighted by molar-refractivity contribution is 0.0724. The topological polar surface area (TPSA) is 75.0 Å². The lowest BCUT2D eigenvalue weighted by Crippen LogP contribution is -2.17. The van der Waals surface area contributed by atoms with E-state index in [2.05, 4.69) is 0 Å². The average Bonchev–Trinajstić information content (AvgIpc) is 2.81. The Kier molecular flexibility index (Phi) is 6.08. The molecule has 0 saturated carbocycles. The van der Waals surface area contributed by atoms with Crippen molar-refractivity contribution in [1.29, 1.82) is 0 Å². The Morgan fingerprint density at radius 3 is 2.12 bits per heavy atom. The zero-order chi connectivity index (χ0) is 22.8. The molecule has 6 nitrogen and oxygen atoms in total. The first-order valence-corrected chi connectivity index (χ1v) is 10.1. The van der Waals surface area contributed by atoms with Crippen molar-refractivity contribution in [1.82, 2.24) is 0 Å². The Labute approximate surface area is 192 Å². The van der Waals surface area contributed by atoms with Crippen LogP contribution in [0.25, 0.3) is 22.3 Å². The fourth-order valence-electron chi connectivity index (χ4n) is 3.23. The summed E-state index contributed by atoms with van der Waals surface area (Å²) in [5, 5.41) is 1.01. The van der Waals surface area contributed by atoms with Crippen LogP contribution in [-0.2, 0) is 0 Å². The molecule has 0 amide bonds. The first-order valence-electron chi connectivity index (χ1n) is 9.38. The van der Waals surface area contributed by atoms with Gasteiger partial charge in [-0.1, -0.05) is 29.3 Å². The Morgan fingerprint density at radius 2 is 1.50 bits per heavy atom. The molecule has 0 aliphatic heterocycles. The minimum atomic E-state index is -0.844. The van der Waals surface area contributed by atoms with E-state index in [-0.39, 0.29) is 34.0 Å². The third-order valence-electron chi connectivity index (χ3n) is 4.74. The van der Waals surface area contributed by atoms with Gasteiger partial charge in [-0.15, -0.1) is 0 Å². The first-order chi connectivity index (χ1) is 15.4. The van der Waals surface area contributed by atoms with E-state index in [9.17, 15) is 9.59 Å². The summed E-state index contributed by atoms with van der Waals surface area (Å²) in [4.78, 5) is 26.5. The highest BCUT2D eigenvalue weighted by Crippen LogP contribution is 2.35. The average molecular weight is 471 g/mol. The van der Waals surface area contributed by atoms with Gasteiger partial charge in [0.2, 0.25) is 11.2 Å². The highest BCUT2D eigenvalue weighted by atomic mass is 35.5. The summed E-state index contributed by atoms with van der Waals surface area (Å²) in [6, 6.07) is 16.1. The molecule has 0 spiro atoms. The number of rotatable bonds is 5. The largest absolute Gasteiger partial charge is 0.496 e. The van der Waals surface area contributed by atoms with Gasteiger partial charge in [0.25, 0.3) is 0 Å². The molecule has 0 radical (unpaired) electrons. The van der Waals surface area contributed by atoms with Gasteiger partial charge in [0.15, 0.2) is 5.76 Å². The molecule has 1 heterocycles. The third kappa shape index (κ3) is 4.02. The molecule has 32 heavy (non-hydrogen) atoms. The lowest BCUT2D eigenvalue weighted by atomic mass is 10.1. The van der Waals surface area contributed by atoms with E-state index in [1.165, 1.54) is 20.3 Å². The van der Waals surface area contributed by atoms with Crippen molar-refractivity contribution in [2.45, 2.75) is 0 Å². The van der Waals surface area contributed by atoms with Crippen molar-refractivity contribution in [2.75, 3.05) is 14.2 Å². The number of carbonyl (C=O) groups is 1. The SMILES string of the molecule is COc1cccc(OC)c1C(=O)Oc1c(-c2ccc(Cl)cc2)oc2ccc(Cl)cc2c1=O. The molecule has 3 aromatic carbocycles. The molecule has 0 aliphatic rings. The van der Waals surface area contributed by atoms with Crippen LogP contribution in [0.5, 0.6) is 17.2 Å². The second kappa shape index (κ2) is 8.94. The summed E-state index contributed by atoms with van der Waals surface area (Å²) in [6.07, 6.45) is 0. The van der Waals surface area contributed by atoms with Crippen molar-refractivity contribution in [3.05, 3.63) is 86.5 Å². The summed E-state index contributed by atoms with van der Waals surface area (Å²) in [5.74, 6) is -0.599. The second-order valence-corrected chi connectivity index (χ2v) is 7.54. The van der Waals surface area contributed by atoms with Gasteiger partial charge in [-0.05, 0) is 54.6 Å². The molecular formula is C24H16Cl2O6. The number of esters is 1. The van der Waals surface area contributed by atoms with E-state index in [1.54, 1.807) is 54.6 Å². The van der Waals surface area contributed by atoms with Crippen LogP contribution in [0.2, 0.25) is 10.0 Å². The Bertz CT molecular complexity index is 1350. The van der Waals surface area contributed by atoms with E-state index in [1.807, 2.05) is 0 Å². The van der Waals surface area contributed by atoms with Gasteiger partial charge in [-0.25, -0.2) is 4.79 Å². The summed E-state index contributed by atoms with van der Waals surface area (Å²) >= 11 is 12.1. The minimum Gasteiger partial charge on any atom is -0.496 e. The van der Waals surface area contributed by atoms with Gasteiger partial charge in [0.05, 0.1) is 19.6 Å². The molecule has 0 atom stereocenters. The fourth-order valence-corrected chi connectivity index (χ4v) is 3.53. The molecule has 0 fully saturated rings. The van der Waals surface area contributed by atoms with Crippen LogP contribution in [-0.4, -0.2) is 20.2 Å². The number of ether oxygens (including phenoxy) is 3. The number of fused-ring (bicyclic) bond motifs is 1. The Hall–Kier alpha value is -3.48. The van der Waals surface area contributed by atoms with E-state index in [0.29, 0.717) is 21.2 Å². The highest BCUT2D eigenvalue weighted by Gasteiger charge is 2.25. The lowest BCUT2D eigenvalue weighted by Gasteiger charge is -2.14. The molecule has 0 N–H and O–H groups in total. The monoisotopic (exact) mass is 470 g/mol. The van der Waals surface area contributed by atoms with Gasteiger partial charge in [0.1, 0.15) is 22.6 Å². The molecule has 1 aromatic heterocycles. The number of methoxy groups -OCH3 is 2. The number of benzene rings is 3.